The number of nitrogens with zero attached hydrogens (tertiary/aromatic N) is 3. The Morgan fingerprint density at radius 2 is 2.03 bits per heavy atom. The highest BCUT2D eigenvalue weighted by Crippen LogP contribution is 2.42. The van der Waals surface area contributed by atoms with Gasteiger partial charge in [0, 0.05) is 30.7 Å². The Labute approximate surface area is 188 Å². The van der Waals surface area contributed by atoms with E-state index in [1.165, 1.54) is 24.3 Å². The van der Waals surface area contributed by atoms with Crippen LogP contribution < -0.4 is 9.62 Å². The fourth-order valence-corrected chi connectivity index (χ4v) is 5.17. The lowest BCUT2D eigenvalue weighted by Crippen LogP contribution is -2.55. The summed E-state index contributed by atoms with van der Waals surface area (Å²) in [4.78, 5) is 7.34. The van der Waals surface area contributed by atoms with Gasteiger partial charge in [-0.1, -0.05) is 17.7 Å². The van der Waals surface area contributed by atoms with Crippen LogP contribution in [0.25, 0.3) is 0 Å². The van der Waals surface area contributed by atoms with Crippen molar-refractivity contribution in [3.8, 4) is 0 Å². The fraction of sp³-hybridized carbons (Fsp3) is 0.476. The Morgan fingerprint density at radius 3 is 2.71 bits per heavy atom. The number of benzene rings is 1. The van der Waals surface area contributed by atoms with E-state index >= 15 is 0 Å². The van der Waals surface area contributed by atoms with Crippen LogP contribution in [-0.4, -0.2) is 47.8 Å². The number of hydrogen-bond donors (Lipinski definition) is 1. The standard InChI is InChI=1S/C21H23ClF4N4S/c1-21(29(2)13-8-12(23)9-13)6-7-30(11-21)15-10-14(24)20(19(26)18(15)22)31-28-17-5-3-4-16(25)27-17/h3-5,10,12-13H,6-9,11H2,1-2H3,(H,27,28)/t12?,13?,21-/m1/s1. The third-order valence-electron chi connectivity index (χ3n) is 6.32. The second-order valence-corrected chi connectivity index (χ2v) is 9.58. The van der Waals surface area contributed by atoms with E-state index in [1.807, 2.05) is 11.9 Å². The van der Waals surface area contributed by atoms with Gasteiger partial charge in [-0.2, -0.15) is 4.39 Å². The van der Waals surface area contributed by atoms with Gasteiger partial charge >= 0.3 is 0 Å². The first-order chi connectivity index (χ1) is 14.7. The zero-order valence-corrected chi connectivity index (χ0v) is 18.7. The van der Waals surface area contributed by atoms with Crippen molar-refractivity contribution in [2.45, 2.75) is 48.8 Å². The molecule has 1 aliphatic carbocycles. The molecule has 31 heavy (non-hydrogen) atoms. The van der Waals surface area contributed by atoms with Crippen LogP contribution in [0, 0.1) is 17.6 Å². The summed E-state index contributed by atoms with van der Waals surface area (Å²) in [5, 5.41) is -0.169. The van der Waals surface area contributed by atoms with Crippen molar-refractivity contribution in [3.63, 3.8) is 0 Å². The zero-order valence-electron chi connectivity index (χ0n) is 17.1. The number of aromatic nitrogens is 1. The number of nitrogens with one attached hydrogen (secondary N) is 1. The molecule has 0 amide bonds. The lowest BCUT2D eigenvalue weighted by atomic mass is 9.85. The van der Waals surface area contributed by atoms with Crippen LogP contribution in [0.5, 0.6) is 0 Å². The molecule has 4 nitrogen and oxygen atoms in total. The maximum absolute atomic E-state index is 14.9. The molecule has 4 rings (SSSR count). The van der Waals surface area contributed by atoms with Crippen LogP contribution in [0.1, 0.15) is 26.2 Å². The van der Waals surface area contributed by atoms with Gasteiger partial charge in [-0.3, -0.25) is 4.90 Å². The summed E-state index contributed by atoms with van der Waals surface area (Å²) in [6, 6.07) is 5.50. The Hall–Kier alpha value is -1.71. The lowest BCUT2D eigenvalue weighted by molar-refractivity contribution is 0.0116. The molecule has 1 aromatic heterocycles. The van der Waals surface area contributed by atoms with Gasteiger partial charge in [-0.15, -0.1) is 0 Å². The molecule has 1 N–H and O–H groups in total. The Kier molecular flexibility index (Phi) is 6.29. The average Bonchev–Trinajstić information content (AvgIpc) is 3.11. The van der Waals surface area contributed by atoms with Crippen LogP contribution in [0.3, 0.4) is 0 Å². The van der Waals surface area contributed by atoms with Gasteiger partial charge in [0.25, 0.3) is 0 Å². The first-order valence-corrected chi connectivity index (χ1v) is 11.2. The smallest absolute Gasteiger partial charge is 0.214 e. The lowest BCUT2D eigenvalue weighted by Gasteiger charge is -2.46. The minimum atomic E-state index is -0.883. The Morgan fingerprint density at radius 1 is 1.29 bits per heavy atom. The molecule has 2 fully saturated rings. The van der Waals surface area contributed by atoms with E-state index in [4.69, 9.17) is 11.6 Å². The van der Waals surface area contributed by atoms with Gasteiger partial charge in [0.05, 0.1) is 5.69 Å². The summed E-state index contributed by atoms with van der Waals surface area (Å²) in [7, 11) is 1.98. The van der Waals surface area contributed by atoms with Crippen molar-refractivity contribution in [1.82, 2.24) is 9.88 Å². The first-order valence-electron chi connectivity index (χ1n) is 10.0. The van der Waals surface area contributed by atoms with Crippen LogP contribution in [0.2, 0.25) is 5.02 Å². The number of hydrogen-bond acceptors (Lipinski definition) is 5. The normalized spacial score (nSPS) is 25.7. The third kappa shape index (κ3) is 4.45. The minimum absolute atomic E-state index is 0.133. The molecule has 2 aromatic rings. The van der Waals surface area contributed by atoms with Crippen molar-refractivity contribution in [1.29, 1.82) is 0 Å². The summed E-state index contributed by atoms with van der Waals surface area (Å²) in [5.74, 6) is -2.22. The molecule has 1 aliphatic heterocycles. The van der Waals surface area contributed by atoms with E-state index in [0.717, 1.165) is 6.42 Å². The average molecular weight is 475 g/mol. The molecule has 1 saturated carbocycles. The van der Waals surface area contributed by atoms with Crippen molar-refractivity contribution in [2.75, 3.05) is 29.8 Å². The second-order valence-electron chi connectivity index (χ2n) is 8.39. The summed E-state index contributed by atoms with van der Waals surface area (Å²) in [6.45, 7) is 3.20. The molecule has 2 aliphatic rings. The maximum atomic E-state index is 14.9. The molecule has 2 heterocycles. The molecule has 0 bridgehead atoms. The van der Waals surface area contributed by atoms with E-state index in [-0.39, 0.29) is 27.3 Å². The number of pyridine rings is 1. The zero-order chi connectivity index (χ0) is 22.3. The Balaban J connectivity index is 1.49. The molecule has 0 radical (unpaired) electrons. The fourth-order valence-electron chi connectivity index (χ4n) is 4.18. The summed E-state index contributed by atoms with van der Waals surface area (Å²) < 4.78 is 58.8. The van der Waals surface area contributed by atoms with E-state index in [0.29, 0.717) is 43.6 Å². The number of rotatable bonds is 6. The second kappa shape index (κ2) is 8.67. The molecular weight excluding hydrogens is 452 g/mol. The summed E-state index contributed by atoms with van der Waals surface area (Å²) in [5.41, 5.74) is 0.0538. The van der Waals surface area contributed by atoms with Gasteiger partial charge in [0.1, 0.15) is 27.7 Å². The van der Waals surface area contributed by atoms with E-state index < -0.39 is 23.8 Å². The highest BCUT2D eigenvalue weighted by molar-refractivity contribution is 8.00. The predicted octanol–water partition coefficient (Wildman–Crippen LogP) is 5.67. The predicted molar refractivity (Wildman–Crippen MR) is 116 cm³/mol. The first kappa shape index (κ1) is 22.5. The third-order valence-corrected chi connectivity index (χ3v) is 7.57. The van der Waals surface area contributed by atoms with Crippen LogP contribution in [-0.2, 0) is 0 Å². The quantitative estimate of drug-likeness (QED) is 0.252. The largest absolute Gasteiger partial charge is 0.368 e. The molecular formula is C21H23ClF4N4S. The number of alkyl halides is 1. The van der Waals surface area contributed by atoms with Crippen molar-refractivity contribution in [2.24, 2.45) is 0 Å². The van der Waals surface area contributed by atoms with Crippen molar-refractivity contribution < 1.29 is 17.6 Å². The van der Waals surface area contributed by atoms with Gasteiger partial charge in [-0.05, 0) is 57.3 Å². The minimum Gasteiger partial charge on any atom is -0.368 e. The highest BCUT2D eigenvalue weighted by Gasteiger charge is 2.44. The van der Waals surface area contributed by atoms with Gasteiger partial charge in [-0.25, -0.2) is 18.2 Å². The summed E-state index contributed by atoms with van der Waals surface area (Å²) >= 11 is 6.93. The molecule has 1 saturated heterocycles. The van der Waals surface area contributed by atoms with Gasteiger partial charge in [0.2, 0.25) is 5.95 Å². The SMILES string of the molecule is CN(C1CC(F)C1)[C@]1(C)CCN(c2cc(F)c(SNc3cccc(F)n3)c(F)c2Cl)C1. The summed E-state index contributed by atoms with van der Waals surface area (Å²) in [6.07, 6.45) is 1.08. The monoisotopic (exact) mass is 474 g/mol. The number of halogens is 5. The van der Waals surface area contributed by atoms with E-state index in [2.05, 4.69) is 21.5 Å². The molecule has 0 spiro atoms. The molecule has 10 heteroatoms. The highest BCUT2D eigenvalue weighted by atomic mass is 35.5. The Bertz CT molecular complexity index is 975. The van der Waals surface area contributed by atoms with Gasteiger partial charge < -0.3 is 9.62 Å². The van der Waals surface area contributed by atoms with Crippen LogP contribution >= 0.6 is 23.5 Å². The molecule has 1 aromatic carbocycles. The molecule has 0 unspecified atom stereocenters. The number of likely N-dealkylation sites (N-methyl/N-ethyl adjacent to an activating group) is 1. The van der Waals surface area contributed by atoms with Crippen LogP contribution in [0.4, 0.5) is 29.1 Å². The molecule has 168 valence electrons. The van der Waals surface area contributed by atoms with Crippen molar-refractivity contribution >= 4 is 35.1 Å². The van der Waals surface area contributed by atoms with E-state index in [9.17, 15) is 17.6 Å². The van der Waals surface area contributed by atoms with Gasteiger partial charge in [0.15, 0.2) is 5.82 Å². The van der Waals surface area contributed by atoms with Crippen molar-refractivity contribution in [3.05, 3.63) is 46.9 Å². The number of anilines is 2. The maximum Gasteiger partial charge on any atom is 0.214 e. The topological polar surface area (TPSA) is 31.4 Å². The van der Waals surface area contributed by atoms with Crippen LogP contribution in [0.15, 0.2) is 29.2 Å². The van der Waals surface area contributed by atoms with E-state index in [1.54, 1.807) is 0 Å². The molecule has 1 atom stereocenters.